The van der Waals surface area contributed by atoms with Crippen molar-refractivity contribution in [2.75, 3.05) is 12.3 Å². The summed E-state index contributed by atoms with van der Waals surface area (Å²) in [4.78, 5) is 10.1. The van der Waals surface area contributed by atoms with E-state index in [1.165, 1.54) is 25.7 Å². The van der Waals surface area contributed by atoms with Crippen molar-refractivity contribution in [2.45, 2.75) is 29.9 Å². The maximum atomic E-state index is 12.2. The average molecular weight is 331 g/mol. The molecule has 0 saturated heterocycles. The number of nitro groups is 1. The molecule has 0 spiro atoms. The van der Waals surface area contributed by atoms with E-state index in [2.05, 4.69) is 4.72 Å². The Hall–Kier alpha value is -1.19. The van der Waals surface area contributed by atoms with Gasteiger partial charge in [-0.2, -0.15) is 0 Å². The first-order valence-corrected chi connectivity index (χ1v) is 9.22. The van der Waals surface area contributed by atoms with Crippen molar-refractivity contribution in [3.63, 3.8) is 0 Å². The third kappa shape index (κ3) is 3.19. The van der Waals surface area contributed by atoms with Gasteiger partial charge in [-0.25, -0.2) is 13.1 Å². The van der Waals surface area contributed by atoms with Gasteiger partial charge in [-0.3, -0.25) is 10.1 Å². The second kappa shape index (κ2) is 5.22. The second-order valence-electron chi connectivity index (χ2n) is 5.76. The number of nitrogens with one attached hydrogen (secondary N) is 1. The van der Waals surface area contributed by atoms with Gasteiger partial charge in [-0.05, 0) is 43.4 Å². The number of rotatable bonds is 7. The van der Waals surface area contributed by atoms with E-state index in [1.54, 1.807) is 0 Å². The van der Waals surface area contributed by atoms with Crippen LogP contribution in [0.5, 0.6) is 0 Å². The molecule has 2 saturated carbocycles. The van der Waals surface area contributed by atoms with Gasteiger partial charge in [-0.1, -0.05) is 11.3 Å². The van der Waals surface area contributed by atoms with Crippen molar-refractivity contribution in [1.82, 2.24) is 4.72 Å². The molecule has 1 heterocycles. The summed E-state index contributed by atoms with van der Waals surface area (Å²) < 4.78 is 27.0. The fourth-order valence-corrected chi connectivity index (χ4v) is 5.02. The van der Waals surface area contributed by atoms with Crippen LogP contribution in [0.25, 0.3) is 0 Å². The number of hydrogen-bond donors (Lipinski definition) is 2. The summed E-state index contributed by atoms with van der Waals surface area (Å²) in [6.45, 7) is 0.420. The van der Waals surface area contributed by atoms with Gasteiger partial charge in [0.05, 0.1) is 4.92 Å². The summed E-state index contributed by atoms with van der Waals surface area (Å²) in [5.74, 6) is 1.69. The molecule has 2 aliphatic rings. The molecule has 3 N–H and O–H groups in total. The molecule has 1 aromatic rings. The van der Waals surface area contributed by atoms with E-state index in [0.29, 0.717) is 24.3 Å². The first-order chi connectivity index (χ1) is 9.88. The van der Waals surface area contributed by atoms with Crippen molar-refractivity contribution >= 4 is 32.0 Å². The number of sulfonamides is 1. The third-order valence-electron chi connectivity index (χ3n) is 4.14. The highest BCUT2D eigenvalue weighted by molar-refractivity contribution is 7.91. The second-order valence-corrected chi connectivity index (χ2v) is 8.84. The zero-order chi connectivity index (χ0) is 15.2. The summed E-state index contributed by atoms with van der Waals surface area (Å²) in [7, 11) is -3.72. The molecule has 0 amide bonds. The monoisotopic (exact) mass is 331 g/mol. The van der Waals surface area contributed by atoms with Gasteiger partial charge >= 0.3 is 5.69 Å². The van der Waals surface area contributed by atoms with Crippen LogP contribution < -0.4 is 10.5 Å². The lowest BCUT2D eigenvalue weighted by Gasteiger charge is -2.15. The maximum Gasteiger partial charge on any atom is 0.304 e. The van der Waals surface area contributed by atoms with Crippen molar-refractivity contribution in [3.05, 3.63) is 16.2 Å². The Labute approximate surface area is 126 Å². The molecular formula is C12H17N3O4S2. The molecule has 0 atom stereocenters. The number of hydrogen-bond acceptors (Lipinski definition) is 6. The Bertz CT molecular complexity index is 650. The summed E-state index contributed by atoms with van der Waals surface area (Å²) in [6.07, 6.45) is 4.72. The number of anilines is 1. The predicted octanol–water partition coefficient (Wildman–Crippen LogP) is 1.95. The van der Waals surface area contributed by atoms with Crippen molar-refractivity contribution < 1.29 is 13.3 Å². The van der Waals surface area contributed by atoms with Gasteiger partial charge in [0.15, 0.2) is 5.00 Å². The van der Waals surface area contributed by atoms with E-state index in [4.69, 9.17) is 5.73 Å². The molecule has 7 nitrogen and oxygen atoms in total. The van der Waals surface area contributed by atoms with E-state index >= 15 is 0 Å². The fraction of sp³-hybridized carbons (Fsp3) is 0.667. The van der Waals surface area contributed by atoms with E-state index in [-0.39, 0.29) is 14.9 Å². The molecular weight excluding hydrogens is 314 g/mol. The van der Waals surface area contributed by atoms with Gasteiger partial charge in [0.25, 0.3) is 0 Å². The van der Waals surface area contributed by atoms with E-state index in [1.807, 2.05) is 0 Å². The number of nitrogens with zero attached hydrogens (tertiary/aromatic N) is 1. The maximum absolute atomic E-state index is 12.2. The van der Waals surface area contributed by atoms with Crippen molar-refractivity contribution in [3.8, 4) is 0 Å². The molecule has 3 rings (SSSR count). The zero-order valence-electron chi connectivity index (χ0n) is 11.3. The van der Waals surface area contributed by atoms with Crippen LogP contribution in [0.4, 0.5) is 10.7 Å². The first-order valence-electron chi connectivity index (χ1n) is 6.92. The molecule has 116 valence electrons. The summed E-state index contributed by atoms with van der Waals surface area (Å²) in [5.41, 5.74) is 5.15. The Balaban J connectivity index is 1.71. The largest absolute Gasteiger partial charge is 0.385 e. The Morgan fingerprint density at radius 1 is 1.38 bits per heavy atom. The molecule has 2 fully saturated rings. The lowest BCUT2D eigenvalue weighted by Crippen LogP contribution is -2.30. The molecule has 0 aliphatic heterocycles. The number of nitrogens with two attached hydrogens (primary N) is 1. The van der Waals surface area contributed by atoms with Crippen LogP contribution in [0, 0.1) is 27.9 Å². The fourth-order valence-electron chi connectivity index (χ4n) is 2.69. The molecule has 2 aliphatic carbocycles. The minimum absolute atomic E-state index is 0.0821. The van der Waals surface area contributed by atoms with E-state index < -0.39 is 14.9 Å². The number of nitrogen functional groups attached to an aromatic ring is 1. The minimum atomic E-state index is -3.72. The highest BCUT2D eigenvalue weighted by Gasteiger charge is 2.41. The van der Waals surface area contributed by atoms with Gasteiger partial charge in [0, 0.05) is 12.6 Å². The zero-order valence-corrected chi connectivity index (χ0v) is 13.0. The Morgan fingerprint density at radius 3 is 2.38 bits per heavy atom. The molecule has 0 bridgehead atoms. The van der Waals surface area contributed by atoms with Crippen molar-refractivity contribution in [1.29, 1.82) is 0 Å². The summed E-state index contributed by atoms with van der Waals surface area (Å²) >= 11 is 0.735. The van der Waals surface area contributed by atoms with Gasteiger partial charge in [0.2, 0.25) is 10.0 Å². The van der Waals surface area contributed by atoms with E-state index in [9.17, 15) is 18.5 Å². The normalized spacial score (nSPS) is 19.1. The quantitative estimate of drug-likeness (QED) is 0.585. The molecule has 0 radical (unpaired) electrons. The smallest absolute Gasteiger partial charge is 0.304 e. The number of thiophene rings is 1. The van der Waals surface area contributed by atoms with Crippen LogP contribution in [0.2, 0.25) is 0 Å². The first kappa shape index (κ1) is 14.7. The van der Waals surface area contributed by atoms with Gasteiger partial charge in [0.1, 0.15) is 4.21 Å². The predicted molar refractivity (Wildman–Crippen MR) is 79.5 cm³/mol. The summed E-state index contributed by atoms with van der Waals surface area (Å²) in [5, 5.41) is 10.7. The Morgan fingerprint density at radius 2 is 1.95 bits per heavy atom. The SMILES string of the molecule is Nc1sc(S(=O)(=O)NCC(C2CC2)C2CC2)cc1[N+](=O)[O-]. The van der Waals surface area contributed by atoms with Crippen LogP contribution >= 0.6 is 11.3 Å². The van der Waals surface area contributed by atoms with Crippen LogP contribution in [-0.4, -0.2) is 19.9 Å². The van der Waals surface area contributed by atoms with Gasteiger partial charge < -0.3 is 5.73 Å². The average Bonchev–Trinajstić information content (AvgIpc) is 3.29. The standard InChI is InChI=1S/C12H17N3O4S2/c13-12-10(15(16)17)5-11(20-12)21(18,19)14-6-9(7-1-2-7)8-3-4-8/h5,7-9,14H,1-4,6,13H2. The van der Waals surface area contributed by atoms with Crippen molar-refractivity contribution in [2.24, 2.45) is 17.8 Å². The molecule has 1 aromatic heterocycles. The van der Waals surface area contributed by atoms with Crippen LogP contribution in [-0.2, 0) is 10.0 Å². The molecule has 9 heteroatoms. The molecule has 21 heavy (non-hydrogen) atoms. The van der Waals surface area contributed by atoms with Crippen LogP contribution in [0.3, 0.4) is 0 Å². The topological polar surface area (TPSA) is 115 Å². The summed E-state index contributed by atoms with van der Waals surface area (Å²) in [6, 6.07) is 1.03. The molecule has 0 unspecified atom stereocenters. The van der Waals surface area contributed by atoms with Gasteiger partial charge in [-0.15, -0.1) is 0 Å². The van der Waals surface area contributed by atoms with Crippen LogP contribution in [0.1, 0.15) is 25.7 Å². The Kier molecular flexibility index (Phi) is 3.66. The lowest BCUT2D eigenvalue weighted by atomic mass is 9.99. The molecule has 0 aromatic carbocycles. The highest BCUT2D eigenvalue weighted by Crippen LogP contribution is 2.49. The minimum Gasteiger partial charge on any atom is -0.385 e. The third-order valence-corrected chi connectivity index (χ3v) is 6.99. The van der Waals surface area contributed by atoms with Crippen LogP contribution in [0.15, 0.2) is 10.3 Å². The highest BCUT2D eigenvalue weighted by atomic mass is 32.2. The lowest BCUT2D eigenvalue weighted by molar-refractivity contribution is -0.383. The van der Waals surface area contributed by atoms with E-state index in [0.717, 1.165) is 17.4 Å².